The fraction of sp³-hybridized carbons (Fsp3) is 0.167. The Bertz CT molecular complexity index is 1220. The summed E-state index contributed by atoms with van der Waals surface area (Å²) in [6, 6.07) is 13.5. The van der Waals surface area contributed by atoms with Crippen molar-refractivity contribution in [2.24, 2.45) is 0 Å². The van der Waals surface area contributed by atoms with E-state index in [1.807, 2.05) is 29.2 Å². The van der Waals surface area contributed by atoms with E-state index in [0.717, 1.165) is 11.1 Å². The summed E-state index contributed by atoms with van der Waals surface area (Å²) in [5.74, 6) is 0.409. The van der Waals surface area contributed by atoms with Gasteiger partial charge in [-0.15, -0.1) is 0 Å². The summed E-state index contributed by atoms with van der Waals surface area (Å²) in [6.07, 6.45) is 6.84. The highest BCUT2D eigenvalue weighted by atomic mass is 19.1. The molecule has 4 heterocycles. The third-order valence-corrected chi connectivity index (χ3v) is 5.48. The van der Waals surface area contributed by atoms with E-state index in [0.29, 0.717) is 43.6 Å². The first-order valence-corrected chi connectivity index (χ1v) is 10.3. The molecule has 1 aromatic carbocycles. The molecule has 0 radical (unpaired) electrons. The minimum atomic E-state index is -0.502. The molecule has 4 aromatic rings. The van der Waals surface area contributed by atoms with Gasteiger partial charge in [-0.3, -0.25) is 9.78 Å². The molecule has 0 aliphatic carbocycles. The lowest BCUT2D eigenvalue weighted by molar-refractivity contribution is 0.0741. The molecule has 1 amide bonds. The van der Waals surface area contributed by atoms with Gasteiger partial charge < -0.3 is 14.2 Å². The maximum absolute atomic E-state index is 14.0. The third-order valence-electron chi connectivity index (χ3n) is 5.48. The predicted molar refractivity (Wildman–Crippen MR) is 117 cm³/mol. The Morgan fingerprint density at radius 1 is 0.969 bits per heavy atom. The Morgan fingerprint density at radius 2 is 1.75 bits per heavy atom. The average molecular weight is 429 g/mol. The van der Waals surface area contributed by atoms with Crippen LogP contribution >= 0.6 is 0 Å². The number of hydrogen-bond acceptors (Lipinski definition) is 6. The van der Waals surface area contributed by atoms with Crippen molar-refractivity contribution in [2.75, 3.05) is 31.1 Å². The summed E-state index contributed by atoms with van der Waals surface area (Å²) in [4.78, 5) is 29.8. The van der Waals surface area contributed by atoms with Gasteiger partial charge in [0, 0.05) is 50.3 Å². The van der Waals surface area contributed by atoms with Gasteiger partial charge in [0.05, 0.1) is 11.8 Å². The molecular formula is C24H20FN5O2. The van der Waals surface area contributed by atoms with E-state index in [9.17, 15) is 9.18 Å². The lowest BCUT2D eigenvalue weighted by atomic mass is 10.1. The van der Waals surface area contributed by atoms with Gasteiger partial charge in [-0.25, -0.2) is 14.4 Å². The second-order valence-electron chi connectivity index (χ2n) is 7.40. The molecule has 0 saturated carbocycles. The largest absolute Gasteiger partial charge is 0.463 e. The fourth-order valence-electron chi connectivity index (χ4n) is 3.78. The molecule has 0 N–H and O–H groups in total. The first kappa shape index (κ1) is 19.9. The van der Waals surface area contributed by atoms with E-state index in [2.05, 4.69) is 9.97 Å². The van der Waals surface area contributed by atoms with Gasteiger partial charge in [0.2, 0.25) is 5.95 Å². The van der Waals surface area contributed by atoms with Crippen molar-refractivity contribution in [3.63, 3.8) is 0 Å². The normalized spacial score (nSPS) is 13.9. The number of halogens is 1. The highest BCUT2D eigenvalue weighted by molar-refractivity contribution is 5.94. The van der Waals surface area contributed by atoms with Crippen molar-refractivity contribution in [1.29, 1.82) is 0 Å². The van der Waals surface area contributed by atoms with Crippen LogP contribution in [0.4, 0.5) is 10.3 Å². The SMILES string of the molecule is O=C(c1ccccc1F)N1CCN(c2ncc(-c3ccncc3)c(-c3ccco3)n2)CC1. The van der Waals surface area contributed by atoms with Gasteiger partial charge in [0.25, 0.3) is 5.91 Å². The van der Waals surface area contributed by atoms with E-state index >= 15 is 0 Å². The van der Waals surface area contributed by atoms with Crippen LogP contribution in [0.1, 0.15) is 10.4 Å². The van der Waals surface area contributed by atoms with Gasteiger partial charge in [-0.1, -0.05) is 12.1 Å². The molecule has 1 aliphatic rings. The van der Waals surface area contributed by atoms with Crippen molar-refractivity contribution < 1.29 is 13.6 Å². The number of piperazine rings is 1. The molecule has 32 heavy (non-hydrogen) atoms. The number of rotatable bonds is 4. The Balaban J connectivity index is 1.38. The zero-order chi connectivity index (χ0) is 21.9. The van der Waals surface area contributed by atoms with Crippen LogP contribution in [0.2, 0.25) is 0 Å². The predicted octanol–water partition coefficient (Wildman–Crippen LogP) is 3.90. The number of carbonyl (C=O) groups excluding carboxylic acids is 1. The molecule has 0 bridgehead atoms. The lowest BCUT2D eigenvalue weighted by Gasteiger charge is -2.35. The van der Waals surface area contributed by atoms with Crippen LogP contribution in [0.5, 0.6) is 0 Å². The molecule has 160 valence electrons. The Morgan fingerprint density at radius 3 is 2.47 bits per heavy atom. The Kier molecular flexibility index (Phi) is 5.33. The topological polar surface area (TPSA) is 75.4 Å². The summed E-state index contributed by atoms with van der Waals surface area (Å²) in [7, 11) is 0. The maximum Gasteiger partial charge on any atom is 0.256 e. The summed E-state index contributed by atoms with van der Waals surface area (Å²) in [5, 5.41) is 0. The number of amides is 1. The van der Waals surface area contributed by atoms with E-state index in [-0.39, 0.29) is 11.5 Å². The molecule has 0 atom stereocenters. The smallest absolute Gasteiger partial charge is 0.256 e. The number of hydrogen-bond donors (Lipinski definition) is 0. The average Bonchev–Trinajstić information content (AvgIpc) is 3.39. The van der Waals surface area contributed by atoms with Crippen LogP contribution < -0.4 is 4.90 Å². The summed E-state index contributed by atoms with van der Waals surface area (Å²) >= 11 is 0. The lowest BCUT2D eigenvalue weighted by Crippen LogP contribution is -2.49. The zero-order valence-corrected chi connectivity index (χ0v) is 17.2. The molecule has 7 nitrogen and oxygen atoms in total. The van der Waals surface area contributed by atoms with Crippen molar-refractivity contribution in [3.8, 4) is 22.6 Å². The van der Waals surface area contributed by atoms with Crippen LogP contribution in [0.15, 0.2) is 77.8 Å². The minimum Gasteiger partial charge on any atom is -0.463 e. The maximum atomic E-state index is 14.0. The quantitative estimate of drug-likeness (QED) is 0.490. The van der Waals surface area contributed by atoms with Gasteiger partial charge >= 0.3 is 0 Å². The van der Waals surface area contributed by atoms with E-state index in [1.165, 1.54) is 12.1 Å². The number of pyridine rings is 1. The molecule has 0 spiro atoms. The standard InChI is InChI=1S/C24H20FN5O2/c25-20-5-2-1-4-18(20)23(31)29-11-13-30(14-12-29)24-27-16-19(17-7-9-26-10-8-17)22(28-24)21-6-3-15-32-21/h1-10,15-16H,11-14H2. The highest BCUT2D eigenvalue weighted by Gasteiger charge is 2.26. The summed E-state index contributed by atoms with van der Waals surface area (Å²) in [5.41, 5.74) is 2.58. The molecule has 0 unspecified atom stereocenters. The second-order valence-corrected chi connectivity index (χ2v) is 7.40. The van der Waals surface area contributed by atoms with Crippen molar-refractivity contribution >= 4 is 11.9 Å². The number of furan rings is 1. The van der Waals surface area contributed by atoms with Crippen LogP contribution in [0.3, 0.4) is 0 Å². The van der Waals surface area contributed by atoms with Crippen LogP contribution in [-0.4, -0.2) is 51.9 Å². The number of carbonyl (C=O) groups is 1. The molecule has 1 aliphatic heterocycles. The first-order valence-electron chi connectivity index (χ1n) is 10.3. The Labute approximate surface area is 184 Å². The highest BCUT2D eigenvalue weighted by Crippen LogP contribution is 2.31. The van der Waals surface area contributed by atoms with Crippen LogP contribution in [0.25, 0.3) is 22.6 Å². The zero-order valence-electron chi connectivity index (χ0n) is 17.2. The first-order chi connectivity index (χ1) is 15.7. The summed E-state index contributed by atoms with van der Waals surface area (Å²) in [6.45, 7) is 2.01. The number of nitrogens with zero attached hydrogens (tertiary/aromatic N) is 5. The van der Waals surface area contributed by atoms with Crippen LogP contribution in [0, 0.1) is 5.82 Å². The summed E-state index contributed by atoms with van der Waals surface area (Å²) < 4.78 is 19.6. The molecule has 5 rings (SSSR count). The van der Waals surface area contributed by atoms with E-state index in [4.69, 9.17) is 9.40 Å². The fourth-order valence-corrected chi connectivity index (χ4v) is 3.78. The van der Waals surface area contributed by atoms with Crippen molar-refractivity contribution in [1.82, 2.24) is 19.9 Å². The van der Waals surface area contributed by atoms with Gasteiger partial charge in [-0.2, -0.15) is 0 Å². The van der Waals surface area contributed by atoms with Crippen LogP contribution in [-0.2, 0) is 0 Å². The number of anilines is 1. The molecule has 8 heteroatoms. The van der Waals surface area contributed by atoms with E-state index in [1.54, 1.807) is 41.9 Å². The van der Waals surface area contributed by atoms with Crippen molar-refractivity contribution in [3.05, 3.63) is 84.8 Å². The Hall–Kier alpha value is -4.07. The third kappa shape index (κ3) is 3.82. The molecule has 1 saturated heterocycles. The van der Waals surface area contributed by atoms with Crippen molar-refractivity contribution in [2.45, 2.75) is 0 Å². The van der Waals surface area contributed by atoms with Gasteiger partial charge in [-0.05, 0) is 42.0 Å². The monoisotopic (exact) mass is 429 g/mol. The van der Waals surface area contributed by atoms with E-state index < -0.39 is 5.82 Å². The van der Waals surface area contributed by atoms with Gasteiger partial charge in [0.15, 0.2) is 5.76 Å². The minimum absolute atomic E-state index is 0.0963. The molecular weight excluding hydrogens is 409 g/mol. The second kappa shape index (κ2) is 8.58. The van der Waals surface area contributed by atoms with Gasteiger partial charge in [0.1, 0.15) is 11.5 Å². The number of benzene rings is 1. The molecule has 1 fully saturated rings. The molecule has 3 aromatic heterocycles. The number of aromatic nitrogens is 3.